The standard InChI is InChI=1S/C30H33BrN4O6S/c1-30(2,3)41-29(37)32-28-34(16-9-17-40-24-13-8-11-22(19-24)27(36)33-42(4,38)39)25-14-5-6-15-26(25)35(28)20-21-10-7-12-23(31)18-21/h5-8,10-15,18-19H,9,16-17,20H2,1-4H3,(H,33,36)/b32-28-. The zero-order chi connectivity index (χ0) is 30.5. The van der Waals surface area contributed by atoms with Gasteiger partial charge in [-0.2, -0.15) is 0 Å². The van der Waals surface area contributed by atoms with Gasteiger partial charge in [0.15, 0.2) is 0 Å². The number of halogens is 1. The van der Waals surface area contributed by atoms with E-state index in [4.69, 9.17) is 9.47 Å². The molecule has 0 bridgehead atoms. The molecule has 3 aromatic carbocycles. The molecule has 0 aliphatic rings. The lowest BCUT2D eigenvalue weighted by Gasteiger charge is -2.17. The Morgan fingerprint density at radius 1 is 0.952 bits per heavy atom. The second kappa shape index (κ2) is 13.0. The molecule has 222 valence electrons. The van der Waals surface area contributed by atoms with Crippen LogP contribution in [0.3, 0.4) is 0 Å². The van der Waals surface area contributed by atoms with Crippen molar-refractivity contribution in [3.63, 3.8) is 0 Å². The number of nitrogens with one attached hydrogen (secondary N) is 1. The van der Waals surface area contributed by atoms with E-state index in [-0.39, 0.29) is 5.56 Å². The highest BCUT2D eigenvalue weighted by Crippen LogP contribution is 2.19. The van der Waals surface area contributed by atoms with Gasteiger partial charge in [-0.05, 0) is 75.2 Å². The second-order valence-corrected chi connectivity index (χ2v) is 13.3. The van der Waals surface area contributed by atoms with Crippen molar-refractivity contribution in [3.05, 3.63) is 94.0 Å². The van der Waals surface area contributed by atoms with Gasteiger partial charge in [0, 0.05) is 16.6 Å². The number of aromatic nitrogens is 2. The number of amides is 2. The van der Waals surface area contributed by atoms with Crippen LogP contribution in [-0.4, -0.2) is 48.0 Å². The van der Waals surface area contributed by atoms with Crippen LogP contribution in [0.5, 0.6) is 5.75 Å². The lowest BCUT2D eigenvalue weighted by molar-refractivity contribution is 0.0593. The first-order valence-corrected chi connectivity index (χ1v) is 15.9. The zero-order valence-corrected chi connectivity index (χ0v) is 26.2. The molecule has 42 heavy (non-hydrogen) atoms. The maximum atomic E-state index is 12.9. The number of benzene rings is 3. The van der Waals surface area contributed by atoms with Crippen molar-refractivity contribution in [2.75, 3.05) is 12.9 Å². The summed E-state index contributed by atoms with van der Waals surface area (Å²) in [5.41, 5.74) is 2.75. The van der Waals surface area contributed by atoms with E-state index in [9.17, 15) is 18.0 Å². The molecular formula is C30H33BrN4O6S. The second-order valence-electron chi connectivity index (χ2n) is 10.7. The largest absolute Gasteiger partial charge is 0.494 e. The first kappa shape index (κ1) is 31.0. The van der Waals surface area contributed by atoms with Crippen LogP contribution in [0, 0.1) is 0 Å². The molecule has 1 heterocycles. The van der Waals surface area contributed by atoms with Gasteiger partial charge < -0.3 is 18.6 Å². The summed E-state index contributed by atoms with van der Waals surface area (Å²) >= 11 is 3.53. The van der Waals surface area contributed by atoms with Gasteiger partial charge in [0.05, 0.1) is 30.4 Å². The average Bonchev–Trinajstić information content (AvgIpc) is 3.16. The van der Waals surface area contributed by atoms with Gasteiger partial charge in [0.2, 0.25) is 15.6 Å². The summed E-state index contributed by atoms with van der Waals surface area (Å²) in [7, 11) is -3.69. The molecule has 10 nitrogen and oxygen atoms in total. The molecule has 0 spiro atoms. The minimum absolute atomic E-state index is 0.168. The van der Waals surface area contributed by atoms with E-state index >= 15 is 0 Å². The highest BCUT2D eigenvalue weighted by molar-refractivity contribution is 9.10. The summed E-state index contributed by atoms with van der Waals surface area (Å²) in [6.45, 7) is 6.63. The first-order valence-electron chi connectivity index (χ1n) is 13.2. The number of fused-ring (bicyclic) bond motifs is 1. The molecule has 0 unspecified atom stereocenters. The lowest BCUT2D eigenvalue weighted by atomic mass is 10.2. The Hall–Kier alpha value is -3.90. The normalized spacial score (nSPS) is 12.4. The molecule has 0 aliphatic heterocycles. The molecule has 2 amide bonds. The third kappa shape index (κ3) is 8.56. The van der Waals surface area contributed by atoms with E-state index in [2.05, 4.69) is 20.9 Å². The zero-order valence-electron chi connectivity index (χ0n) is 23.8. The Labute approximate surface area is 253 Å². The molecule has 4 aromatic rings. The van der Waals surface area contributed by atoms with Crippen molar-refractivity contribution >= 4 is 49.0 Å². The summed E-state index contributed by atoms with van der Waals surface area (Å²) < 4.78 is 41.1. The quantitative estimate of drug-likeness (QED) is 0.246. The van der Waals surface area contributed by atoms with E-state index in [1.165, 1.54) is 12.1 Å². The fourth-order valence-electron chi connectivity index (χ4n) is 4.33. The topological polar surface area (TPSA) is 121 Å². The summed E-state index contributed by atoms with van der Waals surface area (Å²) in [6.07, 6.45) is 0.781. The maximum absolute atomic E-state index is 12.9. The molecule has 0 aliphatic carbocycles. The fourth-order valence-corrected chi connectivity index (χ4v) is 5.23. The molecule has 1 N–H and O–H groups in total. The van der Waals surface area contributed by atoms with Crippen molar-refractivity contribution in [1.29, 1.82) is 0 Å². The van der Waals surface area contributed by atoms with Gasteiger partial charge in [-0.25, -0.2) is 17.9 Å². The number of hydrogen-bond donors (Lipinski definition) is 1. The van der Waals surface area contributed by atoms with Crippen molar-refractivity contribution in [1.82, 2.24) is 13.9 Å². The van der Waals surface area contributed by atoms with Gasteiger partial charge in [0.1, 0.15) is 11.4 Å². The van der Waals surface area contributed by atoms with Gasteiger partial charge in [-0.1, -0.05) is 46.3 Å². The number of para-hydroxylation sites is 2. The van der Waals surface area contributed by atoms with Crippen molar-refractivity contribution in [2.45, 2.75) is 45.9 Å². The monoisotopic (exact) mass is 656 g/mol. The van der Waals surface area contributed by atoms with E-state index < -0.39 is 27.6 Å². The SMILES string of the molecule is CC(C)(C)OC(=O)/N=c1/n(CCCOc2cccc(C(=O)NS(C)(=O)=O)c2)c2ccccc2n1Cc1cccc(Br)c1. The van der Waals surface area contributed by atoms with Crippen LogP contribution in [0.4, 0.5) is 4.79 Å². The van der Waals surface area contributed by atoms with Crippen LogP contribution >= 0.6 is 15.9 Å². The number of imidazole rings is 1. The molecule has 0 atom stereocenters. The lowest BCUT2D eigenvalue weighted by Crippen LogP contribution is -2.30. The van der Waals surface area contributed by atoms with E-state index in [1.807, 2.05) is 62.4 Å². The molecule has 4 rings (SSSR count). The number of carbonyl (C=O) groups is 2. The number of hydrogen-bond acceptors (Lipinski definition) is 6. The Kier molecular flexibility index (Phi) is 9.57. The molecule has 1 aromatic heterocycles. The van der Waals surface area contributed by atoms with Crippen molar-refractivity contribution in [2.24, 2.45) is 4.99 Å². The van der Waals surface area contributed by atoms with Crippen LogP contribution in [-0.2, 0) is 27.8 Å². The minimum atomic E-state index is -3.69. The van der Waals surface area contributed by atoms with Gasteiger partial charge in [-0.3, -0.25) is 4.79 Å². The molecular weight excluding hydrogens is 624 g/mol. The van der Waals surface area contributed by atoms with E-state index in [1.54, 1.807) is 32.9 Å². The Bertz CT molecular complexity index is 1790. The predicted octanol–water partition coefficient (Wildman–Crippen LogP) is 5.25. The Morgan fingerprint density at radius 3 is 2.31 bits per heavy atom. The number of sulfonamides is 1. The predicted molar refractivity (Wildman–Crippen MR) is 164 cm³/mol. The van der Waals surface area contributed by atoms with Crippen LogP contribution < -0.4 is 15.1 Å². The summed E-state index contributed by atoms with van der Waals surface area (Å²) in [6, 6.07) is 22.1. The highest BCUT2D eigenvalue weighted by atomic mass is 79.9. The third-order valence-electron chi connectivity index (χ3n) is 5.93. The number of ether oxygens (including phenoxy) is 2. The van der Waals surface area contributed by atoms with Crippen LogP contribution in [0.25, 0.3) is 11.0 Å². The number of rotatable bonds is 9. The summed E-state index contributed by atoms with van der Waals surface area (Å²) in [5.74, 6) is -0.304. The van der Waals surface area contributed by atoms with Crippen molar-refractivity contribution < 1.29 is 27.5 Å². The summed E-state index contributed by atoms with van der Waals surface area (Å²) in [5, 5.41) is 0. The number of aryl methyl sites for hydroxylation is 1. The molecule has 0 saturated carbocycles. The molecule has 0 fully saturated rings. The van der Waals surface area contributed by atoms with Gasteiger partial charge >= 0.3 is 6.09 Å². The van der Waals surface area contributed by atoms with Crippen molar-refractivity contribution in [3.8, 4) is 5.75 Å². The Morgan fingerprint density at radius 2 is 1.64 bits per heavy atom. The van der Waals surface area contributed by atoms with Crippen LogP contribution in [0.15, 0.2) is 82.3 Å². The maximum Gasteiger partial charge on any atom is 0.437 e. The number of carbonyl (C=O) groups excluding carboxylic acids is 2. The smallest absolute Gasteiger partial charge is 0.437 e. The number of nitrogens with zero attached hydrogens (tertiary/aromatic N) is 3. The Balaban J connectivity index is 1.62. The first-order chi connectivity index (χ1) is 19.8. The van der Waals surface area contributed by atoms with Gasteiger partial charge in [-0.15, -0.1) is 4.99 Å². The van der Waals surface area contributed by atoms with Crippen LogP contribution in [0.2, 0.25) is 0 Å². The molecule has 12 heteroatoms. The van der Waals surface area contributed by atoms with Gasteiger partial charge in [0.25, 0.3) is 5.91 Å². The third-order valence-corrected chi connectivity index (χ3v) is 6.98. The van der Waals surface area contributed by atoms with Crippen LogP contribution in [0.1, 0.15) is 43.1 Å². The highest BCUT2D eigenvalue weighted by Gasteiger charge is 2.18. The van der Waals surface area contributed by atoms with E-state index in [0.717, 1.165) is 27.3 Å². The minimum Gasteiger partial charge on any atom is -0.494 e. The van der Waals surface area contributed by atoms with E-state index in [0.29, 0.717) is 37.5 Å². The fraction of sp³-hybridized carbons (Fsp3) is 0.300. The molecule has 0 radical (unpaired) electrons. The average molecular weight is 658 g/mol. The molecule has 0 saturated heterocycles. The summed E-state index contributed by atoms with van der Waals surface area (Å²) in [4.78, 5) is 29.5.